The van der Waals surface area contributed by atoms with Gasteiger partial charge >= 0.3 is 0 Å². The number of hydrogen-bond donors (Lipinski definition) is 0. The van der Waals surface area contributed by atoms with Crippen LogP contribution < -0.4 is 0 Å². The van der Waals surface area contributed by atoms with Crippen molar-refractivity contribution in [3.63, 3.8) is 0 Å². The van der Waals surface area contributed by atoms with Crippen LogP contribution in [0, 0.1) is 0 Å². The molecule has 1 aliphatic rings. The standard InChI is InChI=1S/C7H8N2/c1-2-4-6-8-9-7-5-3-1/h1-2,4-7H,3H2/b2-1+,6-4-,7-5+,9-8-. The van der Waals surface area contributed by atoms with Crippen LogP contribution in [0.2, 0.25) is 0 Å². The maximum atomic E-state index is 3.71. The Labute approximate surface area is 54.3 Å². The van der Waals surface area contributed by atoms with Gasteiger partial charge in [0.25, 0.3) is 0 Å². The molecule has 0 bridgehead atoms. The van der Waals surface area contributed by atoms with Gasteiger partial charge in [-0.1, -0.05) is 18.2 Å². The topological polar surface area (TPSA) is 24.7 Å². The highest BCUT2D eigenvalue weighted by atomic mass is 15.1. The molecule has 0 aromatic rings. The Morgan fingerprint density at radius 2 is 1.78 bits per heavy atom. The van der Waals surface area contributed by atoms with Crippen LogP contribution in [0.3, 0.4) is 0 Å². The van der Waals surface area contributed by atoms with Gasteiger partial charge in [0.05, 0.1) is 0 Å². The van der Waals surface area contributed by atoms with Crippen LogP contribution in [0.25, 0.3) is 0 Å². The lowest BCUT2D eigenvalue weighted by Crippen LogP contribution is -1.53. The summed E-state index contributed by atoms with van der Waals surface area (Å²) in [5.74, 6) is 0. The molecule has 0 saturated carbocycles. The largest absolute Gasteiger partial charge is 0.160 e. The van der Waals surface area contributed by atoms with Crippen molar-refractivity contribution in [3.05, 3.63) is 36.7 Å². The second-order valence-corrected chi connectivity index (χ2v) is 1.62. The van der Waals surface area contributed by atoms with E-state index in [1.54, 1.807) is 12.4 Å². The maximum Gasteiger partial charge on any atom is 0.0495 e. The van der Waals surface area contributed by atoms with E-state index in [1.165, 1.54) is 0 Å². The molecule has 2 nitrogen and oxygen atoms in total. The van der Waals surface area contributed by atoms with Crippen LogP contribution in [0.4, 0.5) is 0 Å². The Hall–Kier alpha value is -1.18. The predicted molar refractivity (Wildman–Crippen MR) is 36.9 cm³/mol. The summed E-state index contributed by atoms with van der Waals surface area (Å²) in [7, 11) is 0. The highest BCUT2D eigenvalue weighted by Gasteiger charge is 1.71. The van der Waals surface area contributed by atoms with Crippen LogP contribution in [0.1, 0.15) is 6.42 Å². The van der Waals surface area contributed by atoms with Crippen molar-refractivity contribution < 1.29 is 0 Å². The molecule has 0 saturated heterocycles. The normalized spacial score (nSPS) is 31.1. The lowest BCUT2D eigenvalue weighted by Gasteiger charge is -1.73. The molecule has 0 aromatic carbocycles. The van der Waals surface area contributed by atoms with Crippen LogP contribution in [0.5, 0.6) is 0 Å². The minimum Gasteiger partial charge on any atom is -0.160 e. The maximum absolute atomic E-state index is 3.71. The molecule has 2 heteroatoms. The van der Waals surface area contributed by atoms with E-state index in [0.29, 0.717) is 0 Å². The van der Waals surface area contributed by atoms with Crippen molar-refractivity contribution in [1.82, 2.24) is 0 Å². The molecule has 0 spiro atoms. The smallest absolute Gasteiger partial charge is 0.0495 e. The van der Waals surface area contributed by atoms with Crippen molar-refractivity contribution in [3.8, 4) is 0 Å². The van der Waals surface area contributed by atoms with Crippen LogP contribution in [-0.4, -0.2) is 0 Å². The van der Waals surface area contributed by atoms with Crippen LogP contribution >= 0.6 is 0 Å². The number of azo groups is 1. The summed E-state index contributed by atoms with van der Waals surface area (Å²) >= 11 is 0. The molecular weight excluding hydrogens is 112 g/mol. The van der Waals surface area contributed by atoms with Gasteiger partial charge < -0.3 is 0 Å². The van der Waals surface area contributed by atoms with E-state index in [1.807, 2.05) is 24.3 Å². The summed E-state index contributed by atoms with van der Waals surface area (Å²) in [6.07, 6.45) is 12.1. The monoisotopic (exact) mass is 120 g/mol. The molecule has 0 fully saturated rings. The first kappa shape index (κ1) is 5.95. The molecule has 46 valence electrons. The molecule has 0 atom stereocenters. The van der Waals surface area contributed by atoms with E-state index in [2.05, 4.69) is 10.2 Å². The molecule has 1 heterocycles. The molecule has 0 radical (unpaired) electrons. The van der Waals surface area contributed by atoms with E-state index in [-0.39, 0.29) is 0 Å². The highest BCUT2D eigenvalue weighted by Crippen LogP contribution is 1.91. The first-order valence-corrected chi connectivity index (χ1v) is 2.87. The zero-order valence-corrected chi connectivity index (χ0v) is 5.07. The quantitative estimate of drug-likeness (QED) is 0.469. The van der Waals surface area contributed by atoms with E-state index in [0.717, 1.165) is 6.42 Å². The summed E-state index contributed by atoms with van der Waals surface area (Å²) in [5, 5.41) is 7.41. The average molecular weight is 120 g/mol. The molecule has 1 rings (SSSR count). The molecule has 0 aromatic heterocycles. The van der Waals surface area contributed by atoms with Crippen molar-refractivity contribution in [2.75, 3.05) is 0 Å². The Morgan fingerprint density at radius 3 is 2.78 bits per heavy atom. The summed E-state index contributed by atoms with van der Waals surface area (Å²) in [4.78, 5) is 0. The van der Waals surface area contributed by atoms with E-state index >= 15 is 0 Å². The lowest BCUT2D eigenvalue weighted by molar-refractivity contribution is 1.21. The van der Waals surface area contributed by atoms with Gasteiger partial charge in [-0.25, -0.2) is 0 Å². The van der Waals surface area contributed by atoms with Crippen molar-refractivity contribution in [2.45, 2.75) is 6.42 Å². The van der Waals surface area contributed by atoms with Gasteiger partial charge in [0.15, 0.2) is 0 Å². The van der Waals surface area contributed by atoms with E-state index in [9.17, 15) is 0 Å². The third-order valence-electron chi connectivity index (χ3n) is 0.911. The molecule has 0 N–H and O–H groups in total. The fraction of sp³-hybridized carbons (Fsp3) is 0.143. The summed E-state index contributed by atoms with van der Waals surface area (Å²) in [6.45, 7) is 0. The Bertz CT molecular complexity index is 155. The second-order valence-electron chi connectivity index (χ2n) is 1.62. The van der Waals surface area contributed by atoms with Gasteiger partial charge in [-0.05, 0) is 12.5 Å². The first-order chi connectivity index (χ1) is 4.50. The van der Waals surface area contributed by atoms with Gasteiger partial charge in [0.2, 0.25) is 0 Å². The third-order valence-corrected chi connectivity index (χ3v) is 0.911. The zero-order valence-electron chi connectivity index (χ0n) is 5.07. The summed E-state index contributed by atoms with van der Waals surface area (Å²) < 4.78 is 0. The van der Waals surface area contributed by atoms with Gasteiger partial charge in [-0.2, -0.15) is 10.2 Å². The SMILES string of the molecule is C1=C\N=N/C=C/C/C=C/1. The minimum atomic E-state index is 0.934. The van der Waals surface area contributed by atoms with Crippen molar-refractivity contribution >= 4 is 0 Å². The number of rotatable bonds is 0. The Morgan fingerprint density at radius 1 is 0.889 bits per heavy atom. The number of nitrogens with zero attached hydrogens (tertiary/aromatic N) is 2. The zero-order chi connectivity index (χ0) is 6.36. The molecule has 0 aliphatic carbocycles. The Balaban J connectivity index is 2.60. The van der Waals surface area contributed by atoms with Crippen molar-refractivity contribution in [2.24, 2.45) is 10.2 Å². The minimum absolute atomic E-state index is 0.934. The highest BCUT2D eigenvalue weighted by molar-refractivity contribution is 5.04. The third kappa shape index (κ3) is 2.59. The van der Waals surface area contributed by atoms with E-state index in [4.69, 9.17) is 0 Å². The van der Waals surface area contributed by atoms with E-state index < -0.39 is 0 Å². The first-order valence-electron chi connectivity index (χ1n) is 2.87. The fourth-order valence-electron chi connectivity index (χ4n) is 0.509. The average Bonchev–Trinajstić information content (AvgIpc) is 2.00. The van der Waals surface area contributed by atoms with Gasteiger partial charge in [0.1, 0.15) is 0 Å². The lowest BCUT2D eigenvalue weighted by atomic mass is 10.3. The molecule has 0 amide bonds. The second kappa shape index (κ2) is 3.78. The molecule has 0 unspecified atom stereocenters. The van der Waals surface area contributed by atoms with Gasteiger partial charge in [0, 0.05) is 12.4 Å². The summed E-state index contributed by atoms with van der Waals surface area (Å²) in [6, 6.07) is 0. The fourth-order valence-corrected chi connectivity index (χ4v) is 0.509. The number of hydrogen-bond acceptors (Lipinski definition) is 2. The van der Waals surface area contributed by atoms with Crippen molar-refractivity contribution in [1.29, 1.82) is 0 Å². The van der Waals surface area contributed by atoms with Crippen LogP contribution in [0.15, 0.2) is 46.9 Å². The molecule has 9 heavy (non-hydrogen) atoms. The Kier molecular flexibility index (Phi) is 2.50. The van der Waals surface area contributed by atoms with Crippen LogP contribution in [-0.2, 0) is 0 Å². The van der Waals surface area contributed by atoms with Gasteiger partial charge in [-0.3, -0.25) is 0 Å². The predicted octanol–water partition coefficient (Wildman–Crippen LogP) is 2.43. The molecular formula is C7H8N2. The summed E-state index contributed by atoms with van der Waals surface area (Å²) in [5.41, 5.74) is 0. The van der Waals surface area contributed by atoms with Gasteiger partial charge in [-0.15, -0.1) is 0 Å². The number of allylic oxidation sites excluding steroid dienone is 4. The molecule has 1 aliphatic heterocycles.